The van der Waals surface area contributed by atoms with E-state index in [2.05, 4.69) is 0 Å². The number of ether oxygens (including phenoxy) is 1. The van der Waals surface area contributed by atoms with Crippen LogP contribution in [0.25, 0.3) is 10.4 Å². The zero-order valence-corrected chi connectivity index (χ0v) is 15.2. The summed E-state index contributed by atoms with van der Waals surface area (Å²) in [6.07, 6.45) is 0.820. The minimum atomic E-state index is -0.307. The van der Waals surface area contributed by atoms with Gasteiger partial charge in [-0.2, -0.15) is 0 Å². The Morgan fingerprint density at radius 3 is 2.73 bits per heavy atom. The molecule has 0 radical (unpaired) electrons. The summed E-state index contributed by atoms with van der Waals surface area (Å²) >= 11 is 1.49. The second-order valence-corrected chi connectivity index (χ2v) is 7.24. The maximum absolute atomic E-state index is 13.2. The number of hydrogen-bond acceptors (Lipinski definition) is 3. The fraction of sp³-hybridized carbons (Fsp3) is 0.190. The molecule has 0 saturated heterocycles. The summed E-state index contributed by atoms with van der Waals surface area (Å²) in [6.45, 7) is 3.08. The average Bonchev–Trinajstić information content (AvgIpc) is 3.11. The van der Waals surface area contributed by atoms with Gasteiger partial charge >= 0.3 is 0 Å². The summed E-state index contributed by atoms with van der Waals surface area (Å²) in [4.78, 5) is 16.6. The van der Waals surface area contributed by atoms with Crippen molar-refractivity contribution < 1.29 is 13.9 Å². The fourth-order valence-electron chi connectivity index (χ4n) is 3.13. The first-order valence-electron chi connectivity index (χ1n) is 8.59. The zero-order chi connectivity index (χ0) is 18.1. The van der Waals surface area contributed by atoms with Crippen molar-refractivity contribution in [3.63, 3.8) is 0 Å². The quantitative estimate of drug-likeness (QED) is 0.609. The summed E-state index contributed by atoms with van der Waals surface area (Å²) < 4.78 is 19.0. The number of thiophene rings is 1. The van der Waals surface area contributed by atoms with Gasteiger partial charge in [-0.3, -0.25) is 4.79 Å². The van der Waals surface area contributed by atoms with Crippen LogP contribution in [-0.2, 0) is 6.61 Å². The number of fused-ring (bicyclic) bond motifs is 3. The molecule has 5 heteroatoms. The topological polar surface area (TPSA) is 29.5 Å². The van der Waals surface area contributed by atoms with Crippen LogP contribution in [0.1, 0.15) is 28.6 Å². The molecule has 0 unspecified atom stereocenters. The van der Waals surface area contributed by atoms with Crippen molar-refractivity contribution in [1.29, 1.82) is 0 Å². The first-order chi connectivity index (χ1) is 12.7. The summed E-state index contributed by atoms with van der Waals surface area (Å²) in [5.74, 6) is 0.484. The number of nitrogens with zero attached hydrogens (tertiary/aromatic N) is 1. The van der Waals surface area contributed by atoms with Crippen LogP contribution in [-0.4, -0.2) is 12.5 Å². The number of carbonyl (C=O) groups is 1. The van der Waals surface area contributed by atoms with Crippen LogP contribution in [0, 0.1) is 5.82 Å². The van der Waals surface area contributed by atoms with Gasteiger partial charge in [0.05, 0.1) is 4.88 Å². The predicted octanol–water partition coefficient (Wildman–Crippen LogP) is 5.50. The van der Waals surface area contributed by atoms with Crippen LogP contribution in [0.4, 0.5) is 10.1 Å². The largest absolute Gasteiger partial charge is 0.488 e. The predicted molar refractivity (Wildman–Crippen MR) is 102 cm³/mol. The van der Waals surface area contributed by atoms with Gasteiger partial charge in [0.15, 0.2) is 0 Å². The van der Waals surface area contributed by atoms with Crippen LogP contribution in [0.5, 0.6) is 5.75 Å². The molecular weight excluding hydrogens is 349 g/mol. The number of para-hydroxylation sites is 1. The molecule has 132 valence electrons. The highest BCUT2D eigenvalue weighted by atomic mass is 32.1. The summed E-state index contributed by atoms with van der Waals surface area (Å²) in [7, 11) is 0. The van der Waals surface area contributed by atoms with Crippen LogP contribution in [0.3, 0.4) is 0 Å². The van der Waals surface area contributed by atoms with Crippen molar-refractivity contribution in [1.82, 2.24) is 0 Å². The highest BCUT2D eigenvalue weighted by molar-refractivity contribution is 7.17. The standard InChI is InChI=1S/C21H18FNO2S/c1-2-11-23(16-9-7-15(22)8-10-16)21(24)19-12-14-13-25-18-6-4-3-5-17(18)20(14)26-19/h3-10,12H,2,11,13H2,1H3. The molecule has 1 aliphatic heterocycles. The van der Waals surface area contributed by atoms with Gasteiger partial charge in [-0.15, -0.1) is 11.3 Å². The Morgan fingerprint density at radius 2 is 1.96 bits per heavy atom. The average molecular weight is 367 g/mol. The Balaban J connectivity index is 1.70. The van der Waals surface area contributed by atoms with Crippen molar-refractivity contribution in [3.05, 3.63) is 70.9 Å². The Bertz CT molecular complexity index is 949. The van der Waals surface area contributed by atoms with E-state index >= 15 is 0 Å². The molecular formula is C21H18FNO2S. The number of benzene rings is 2. The molecule has 2 aromatic carbocycles. The third-order valence-electron chi connectivity index (χ3n) is 4.37. The van der Waals surface area contributed by atoms with E-state index in [1.165, 1.54) is 23.5 Å². The maximum atomic E-state index is 13.2. The number of rotatable bonds is 4. The molecule has 0 saturated carbocycles. The van der Waals surface area contributed by atoms with Gasteiger partial charge in [0.25, 0.3) is 5.91 Å². The van der Waals surface area contributed by atoms with E-state index in [4.69, 9.17) is 4.74 Å². The molecule has 0 fully saturated rings. The van der Waals surface area contributed by atoms with Gasteiger partial charge in [-0.1, -0.05) is 19.1 Å². The first-order valence-corrected chi connectivity index (χ1v) is 9.41. The lowest BCUT2D eigenvalue weighted by molar-refractivity contribution is 0.0990. The Labute approximate surface area is 155 Å². The smallest absolute Gasteiger partial charge is 0.268 e. The van der Waals surface area contributed by atoms with E-state index in [-0.39, 0.29) is 11.7 Å². The van der Waals surface area contributed by atoms with Crippen LogP contribution in [0.15, 0.2) is 54.6 Å². The molecule has 1 amide bonds. The van der Waals surface area contributed by atoms with E-state index in [1.54, 1.807) is 17.0 Å². The molecule has 26 heavy (non-hydrogen) atoms. The third-order valence-corrected chi connectivity index (χ3v) is 5.56. The van der Waals surface area contributed by atoms with E-state index in [1.807, 2.05) is 37.3 Å². The maximum Gasteiger partial charge on any atom is 0.268 e. The molecule has 0 aliphatic carbocycles. The summed E-state index contributed by atoms with van der Waals surface area (Å²) in [5, 5.41) is 0. The van der Waals surface area contributed by atoms with Crippen LogP contribution >= 0.6 is 11.3 Å². The second-order valence-electron chi connectivity index (χ2n) is 6.18. The molecule has 0 N–H and O–H groups in total. The monoisotopic (exact) mass is 367 g/mol. The second kappa shape index (κ2) is 6.92. The van der Waals surface area contributed by atoms with Gasteiger partial charge in [0, 0.05) is 28.2 Å². The van der Waals surface area contributed by atoms with Gasteiger partial charge in [0.2, 0.25) is 0 Å². The number of carbonyl (C=O) groups excluding carboxylic acids is 1. The van der Waals surface area contributed by atoms with E-state index in [9.17, 15) is 9.18 Å². The van der Waals surface area contributed by atoms with E-state index < -0.39 is 0 Å². The zero-order valence-electron chi connectivity index (χ0n) is 14.4. The van der Waals surface area contributed by atoms with Crippen molar-refractivity contribution >= 4 is 22.9 Å². The minimum absolute atomic E-state index is 0.0599. The van der Waals surface area contributed by atoms with E-state index in [0.29, 0.717) is 23.7 Å². The molecule has 4 rings (SSSR count). The number of amides is 1. The lowest BCUT2D eigenvalue weighted by Crippen LogP contribution is -2.31. The Hall–Kier alpha value is -2.66. The lowest BCUT2D eigenvalue weighted by atomic mass is 10.1. The van der Waals surface area contributed by atoms with Crippen LogP contribution < -0.4 is 9.64 Å². The summed E-state index contributed by atoms with van der Waals surface area (Å²) in [5.41, 5.74) is 2.77. The first kappa shape index (κ1) is 16.8. The number of anilines is 1. The van der Waals surface area contributed by atoms with Gasteiger partial charge in [0.1, 0.15) is 18.2 Å². The molecule has 1 aromatic heterocycles. The lowest BCUT2D eigenvalue weighted by Gasteiger charge is -2.21. The van der Waals surface area contributed by atoms with Crippen molar-refractivity contribution in [2.24, 2.45) is 0 Å². The van der Waals surface area contributed by atoms with Gasteiger partial charge in [-0.25, -0.2) is 4.39 Å². The summed E-state index contributed by atoms with van der Waals surface area (Å²) in [6, 6.07) is 15.9. The van der Waals surface area contributed by atoms with E-state index in [0.717, 1.165) is 28.2 Å². The molecule has 3 aromatic rings. The highest BCUT2D eigenvalue weighted by Gasteiger charge is 2.25. The SMILES string of the molecule is CCCN(C(=O)c1cc2c(s1)-c1ccccc1OC2)c1ccc(F)cc1. The van der Waals surface area contributed by atoms with Crippen LogP contribution in [0.2, 0.25) is 0 Å². The van der Waals surface area contributed by atoms with Gasteiger partial charge < -0.3 is 9.64 Å². The van der Waals surface area contributed by atoms with Crippen molar-refractivity contribution in [2.45, 2.75) is 20.0 Å². The molecule has 2 heterocycles. The molecule has 1 aliphatic rings. The Morgan fingerprint density at radius 1 is 1.19 bits per heavy atom. The minimum Gasteiger partial charge on any atom is -0.488 e. The highest BCUT2D eigenvalue weighted by Crippen LogP contribution is 2.42. The molecule has 0 spiro atoms. The molecule has 3 nitrogen and oxygen atoms in total. The number of hydrogen-bond donors (Lipinski definition) is 0. The molecule has 0 bridgehead atoms. The normalized spacial score (nSPS) is 12.1. The van der Waals surface area contributed by atoms with Gasteiger partial charge in [-0.05, 0) is 48.9 Å². The molecule has 0 atom stereocenters. The third kappa shape index (κ3) is 2.99. The number of halogens is 1. The van der Waals surface area contributed by atoms with Crippen molar-refractivity contribution in [2.75, 3.05) is 11.4 Å². The fourth-order valence-corrected chi connectivity index (χ4v) is 4.28. The Kier molecular flexibility index (Phi) is 4.47. The van der Waals surface area contributed by atoms with Crippen molar-refractivity contribution in [3.8, 4) is 16.2 Å².